The lowest BCUT2D eigenvalue weighted by Gasteiger charge is -2.27. The number of amidine groups is 2. The normalized spacial score (nSPS) is 14.7. The number of rotatable bonds is 10. The van der Waals surface area contributed by atoms with E-state index < -0.39 is 28.7 Å². The summed E-state index contributed by atoms with van der Waals surface area (Å²) in [7, 11) is 7.05. The van der Waals surface area contributed by atoms with Gasteiger partial charge in [0.2, 0.25) is 0 Å². The SMILES string of the molecule is C=CCC.CCN1CN(C)C(COC(C)/C(C(=N)N(C)C)=C(/N)C(C)c2ccc(F)c(Cl)c2F)=N1.CCOC. The van der Waals surface area contributed by atoms with E-state index in [0.717, 1.165) is 31.5 Å². The van der Waals surface area contributed by atoms with Crippen LogP contribution < -0.4 is 5.73 Å². The van der Waals surface area contributed by atoms with Crippen LogP contribution in [0.2, 0.25) is 5.02 Å². The molecule has 1 aliphatic rings. The lowest BCUT2D eigenvalue weighted by Crippen LogP contribution is -2.35. The molecule has 2 unspecified atom stereocenters. The Hall–Kier alpha value is -2.69. The first-order valence-electron chi connectivity index (χ1n) is 13.0. The zero-order valence-corrected chi connectivity index (χ0v) is 25.7. The van der Waals surface area contributed by atoms with Gasteiger partial charge < -0.3 is 25.0 Å². The van der Waals surface area contributed by atoms with Crippen LogP contribution in [0.1, 0.15) is 52.5 Å². The van der Waals surface area contributed by atoms with Crippen molar-refractivity contribution in [3.05, 3.63) is 58.3 Å². The third-order valence-electron chi connectivity index (χ3n) is 5.90. The average Bonchev–Trinajstić information content (AvgIpc) is 3.29. The summed E-state index contributed by atoms with van der Waals surface area (Å²) in [5, 5.41) is 14.4. The molecule has 39 heavy (non-hydrogen) atoms. The third kappa shape index (κ3) is 11.1. The molecule has 0 amide bonds. The highest BCUT2D eigenvalue weighted by Crippen LogP contribution is 2.32. The lowest BCUT2D eigenvalue weighted by atomic mass is 9.92. The van der Waals surface area contributed by atoms with E-state index in [1.807, 2.05) is 36.9 Å². The van der Waals surface area contributed by atoms with Crippen LogP contribution in [0.4, 0.5) is 8.78 Å². The molecular weight excluding hydrogens is 526 g/mol. The molecule has 1 aromatic carbocycles. The Morgan fingerprint density at radius 3 is 2.28 bits per heavy atom. The van der Waals surface area contributed by atoms with E-state index in [9.17, 15) is 8.78 Å². The Morgan fingerprint density at radius 1 is 1.28 bits per heavy atom. The summed E-state index contributed by atoms with van der Waals surface area (Å²) < 4.78 is 38.7. The zero-order chi connectivity index (χ0) is 30.3. The molecule has 0 aromatic heterocycles. The summed E-state index contributed by atoms with van der Waals surface area (Å²) in [4.78, 5) is 3.58. The third-order valence-corrected chi connectivity index (χ3v) is 6.24. The number of benzene rings is 1. The topological polar surface area (TPSA) is 90.4 Å². The van der Waals surface area contributed by atoms with Crippen molar-refractivity contribution in [1.29, 1.82) is 5.41 Å². The van der Waals surface area contributed by atoms with Crippen molar-refractivity contribution in [3.8, 4) is 0 Å². The van der Waals surface area contributed by atoms with E-state index in [2.05, 4.69) is 23.3 Å². The summed E-state index contributed by atoms with van der Waals surface area (Å²) in [6.45, 7) is 15.5. The van der Waals surface area contributed by atoms with Gasteiger partial charge in [-0.25, -0.2) is 8.78 Å². The van der Waals surface area contributed by atoms with Crippen molar-refractivity contribution in [2.75, 3.05) is 54.7 Å². The zero-order valence-electron chi connectivity index (χ0n) is 24.9. The maximum absolute atomic E-state index is 14.6. The second-order valence-corrected chi connectivity index (χ2v) is 9.38. The van der Waals surface area contributed by atoms with Gasteiger partial charge >= 0.3 is 0 Å². The quantitative estimate of drug-likeness (QED) is 0.163. The molecule has 1 aromatic rings. The van der Waals surface area contributed by atoms with E-state index in [-0.39, 0.29) is 23.7 Å². The number of likely N-dealkylation sites (N-methyl/N-ethyl adjacent to an activating group) is 2. The van der Waals surface area contributed by atoms with Crippen LogP contribution in [0.25, 0.3) is 0 Å². The van der Waals surface area contributed by atoms with Crippen molar-refractivity contribution >= 4 is 23.3 Å². The molecule has 2 atom stereocenters. The summed E-state index contributed by atoms with van der Waals surface area (Å²) in [5.74, 6) is -1.43. The summed E-state index contributed by atoms with van der Waals surface area (Å²) in [5.41, 5.74) is 7.25. The van der Waals surface area contributed by atoms with Gasteiger partial charge in [-0.1, -0.05) is 37.6 Å². The second kappa shape index (κ2) is 18.6. The molecule has 3 N–H and O–H groups in total. The molecule has 1 aliphatic heterocycles. The van der Waals surface area contributed by atoms with Gasteiger partial charge in [-0.2, -0.15) is 5.10 Å². The predicted octanol–water partition coefficient (Wildman–Crippen LogP) is 5.65. The lowest BCUT2D eigenvalue weighted by molar-refractivity contribution is 0.120. The molecule has 0 radical (unpaired) electrons. The van der Waals surface area contributed by atoms with E-state index in [1.54, 1.807) is 40.0 Å². The molecule has 0 bridgehead atoms. The van der Waals surface area contributed by atoms with Crippen molar-refractivity contribution in [2.24, 2.45) is 10.8 Å². The molecule has 0 saturated heterocycles. The van der Waals surface area contributed by atoms with E-state index in [1.165, 1.54) is 6.07 Å². The smallest absolute Gasteiger partial charge is 0.152 e. The summed E-state index contributed by atoms with van der Waals surface area (Å²) >= 11 is 5.74. The Kier molecular flexibility index (Phi) is 17.3. The highest BCUT2D eigenvalue weighted by Gasteiger charge is 2.27. The molecule has 0 spiro atoms. The van der Waals surface area contributed by atoms with Gasteiger partial charge in [0, 0.05) is 58.6 Å². The van der Waals surface area contributed by atoms with E-state index in [4.69, 9.17) is 27.5 Å². The summed E-state index contributed by atoms with van der Waals surface area (Å²) in [6, 6.07) is 2.42. The maximum Gasteiger partial charge on any atom is 0.152 e. The number of nitrogens with one attached hydrogen (secondary N) is 1. The van der Waals surface area contributed by atoms with Crippen LogP contribution in [-0.2, 0) is 9.47 Å². The standard InChI is InChI=1S/C21H31ClF2N6O.C4H8.C3H8O/c1-7-30-11-29(6)16(27-30)10-31-13(3)17(21(26)28(4)5)20(25)12(2)14-8-9-15(23)18(22)19(14)24;2*1-3-4-2/h8-9,12-13,26H,7,10-11,25H2,1-6H3;3H,1,4H2,2H3;3H2,1-2H3/b20-17-,26-21?;;. The van der Waals surface area contributed by atoms with Gasteiger partial charge in [0.25, 0.3) is 0 Å². The molecule has 0 fully saturated rings. The number of nitrogens with zero attached hydrogens (tertiary/aromatic N) is 4. The molecule has 0 saturated carbocycles. The number of hydrogen-bond donors (Lipinski definition) is 2. The maximum atomic E-state index is 14.6. The first-order valence-corrected chi connectivity index (χ1v) is 13.3. The number of allylic oxidation sites excluding steroid dienone is 2. The highest BCUT2D eigenvalue weighted by molar-refractivity contribution is 6.31. The van der Waals surface area contributed by atoms with E-state index in [0.29, 0.717) is 12.2 Å². The number of halogens is 3. The van der Waals surface area contributed by atoms with Crippen LogP contribution >= 0.6 is 11.6 Å². The van der Waals surface area contributed by atoms with Crippen LogP contribution in [0.15, 0.2) is 41.2 Å². The van der Waals surface area contributed by atoms with Gasteiger partial charge in [0.05, 0.1) is 6.10 Å². The Bertz CT molecular complexity index is 985. The van der Waals surface area contributed by atoms with E-state index >= 15 is 0 Å². The van der Waals surface area contributed by atoms with Gasteiger partial charge in [-0.05, 0) is 38.8 Å². The molecule has 11 heteroatoms. The van der Waals surface area contributed by atoms with Gasteiger partial charge in [-0.15, -0.1) is 6.58 Å². The van der Waals surface area contributed by atoms with Crippen LogP contribution in [0.5, 0.6) is 0 Å². The fourth-order valence-corrected chi connectivity index (χ4v) is 3.44. The van der Waals surface area contributed by atoms with Gasteiger partial charge in [-0.3, -0.25) is 10.4 Å². The molecule has 8 nitrogen and oxygen atoms in total. The largest absolute Gasteiger partial charge is 0.401 e. The number of methoxy groups -OCH3 is 1. The number of nitrogens with two attached hydrogens (primary N) is 1. The molecule has 0 aliphatic carbocycles. The predicted molar refractivity (Wildman–Crippen MR) is 158 cm³/mol. The molecule has 2 rings (SSSR count). The first kappa shape index (κ1) is 36.3. The Labute approximate surface area is 238 Å². The van der Waals surface area contributed by atoms with Gasteiger partial charge in [0.1, 0.15) is 35.8 Å². The Balaban J connectivity index is 0.00000159. The minimum atomic E-state index is -0.858. The highest BCUT2D eigenvalue weighted by atomic mass is 35.5. The summed E-state index contributed by atoms with van der Waals surface area (Å²) in [6.07, 6.45) is 2.39. The Morgan fingerprint density at radius 2 is 1.85 bits per heavy atom. The number of hydrazone groups is 1. The van der Waals surface area contributed by atoms with Gasteiger partial charge in [0.15, 0.2) is 5.84 Å². The minimum absolute atomic E-state index is 0.141. The molecular formula is C28H47ClF2N6O2. The minimum Gasteiger partial charge on any atom is -0.401 e. The average molecular weight is 573 g/mol. The fourth-order valence-electron chi connectivity index (χ4n) is 3.27. The number of hydrogen-bond acceptors (Lipinski definition) is 7. The van der Waals surface area contributed by atoms with Crippen molar-refractivity contribution in [2.45, 2.75) is 53.1 Å². The van der Waals surface area contributed by atoms with Crippen LogP contribution in [0, 0.1) is 17.0 Å². The van der Waals surface area contributed by atoms with Crippen molar-refractivity contribution in [3.63, 3.8) is 0 Å². The molecule has 222 valence electrons. The van der Waals surface area contributed by atoms with Crippen LogP contribution in [0.3, 0.4) is 0 Å². The number of ether oxygens (including phenoxy) is 2. The monoisotopic (exact) mass is 572 g/mol. The molecule has 1 heterocycles. The van der Waals surface area contributed by atoms with Crippen LogP contribution in [-0.4, -0.2) is 87.3 Å². The fraction of sp³-hybridized carbons (Fsp3) is 0.571. The van der Waals surface area contributed by atoms with Crippen molar-refractivity contribution < 1.29 is 18.3 Å². The van der Waals surface area contributed by atoms with Crippen molar-refractivity contribution in [1.82, 2.24) is 14.8 Å². The first-order chi connectivity index (χ1) is 18.3. The second-order valence-electron chi connectivity index (χ2n) is 9.00.